The van der Waals surface area contributed by atoms with Crippen LogP contribution in [0, 0.1) is 5.92 Å². The van der Waals surface area contributed by atoms with E-state index < -0.39 is 11.8 Å². The van der Waals surface area contributed by atoms with E-state index >= 15 is 0 Å². The number of ether oxygens (including phenoxy) is 1. The Morgan fingerprint density at radius 1 is 1.23 bits per heavy atom. The third-order valence-electron chi connectivity index (χ3n) is 5.52. The quantitative estimate of drug-likeness (QED) is 0.513. The van der Waals surface area contributed by atoms with E-state index in [0.29, 0.717) is 27.8 Å². The molecule has 1 heterocycles. The summed E-state index contributed by atoms with van der Waals surface area (Å²) in [6.45, 7) is 2.20. The fourth-order valence-corrected chi connectivity index (χ4v) is 5.65. The fourth-order valence-electron chi connectivity index (χ4n) is 3.97. The van der Waals surface area contributed by atoms with Crippen molar-refractivity contribution in [2.24, 2.45) is 11.7 Å². The number of amides is 2. The van der Waals surface area contributed by atoms with Gasteiger partial charge in [-0.05, 0) is 65.9 Å². The molecule has 160 valence electrons. The number of hydrogen-bond acceptors (Lipinski definition) is 5. The Kier molecular flexibility index (Phi) is 5.93. The summed E-state index contributed by atoms with van der Waals surface area (Å²) in [7, 11) is 1.52. The molecule has 4 N–H and O–H groups in total. The molecule has 0 unspecified atom stereocenters. The van der Waals surface area contributed by atoms with E-state index in [1.165, 1.54) is 18.4 Å². The molecule has 1 atom stereocenters. The first-order valence-corrected chi connectivity index (χ1v) is 11.2. The fraction of sp³-hybridized carbons (Fsp3) is 0.261. The normalized spacial score (nSPS) is 15.2. The Hall–Kier alpha value is -2.97. The molecule has 2 amide bonds. The van der Waals surface area contributed by atoms with Gasteiger partial charge in [0.15, 0.2) is 5.11 Å². The van der Waals surface area contributed by atoms with E-state index in [2.05, 4.69) is 17.6 Å². The van der Waals surface area contributed by atoms with Crippen LogP contribution in [-0.2, 0) is 12.8 Å². The summed E-state index contributed by atoms with van der Waals surface area (Å²) in [6, 6.07) is 11.3. The van der Waals surface area contributed by atoms with Crippen molar-refractivity contribution in [3.63, 3.8) is 0 Å². The second-order valence-corrected chi connectivity index (χ2v) is 9.24. The van der Waals surface area contributed by atoms with Gasteiger partial charge in [0.1, 0.15) is 10.8 Å². The van der Waals surface area contributed by atoms with Crippen molar-refractivity contribution in [2.75, 3.05) is 12.4 Å². The highest BCUT2D eigenvalue weighted by Gasteiger charge is 2.27. The minimum atomic E-state index is -0.486. The number of primary amides is 1. The average Bonchev–Trinajstić information content (AvgIpc) is 3.09. The first-order chi connectivity index (χ1) is 14.9. The molecule has 3 aromatic rings. The maximum atomic E-state index is 12.9. The number of methoxy groups -OCH3 is 1. The monoisotopic (exact) mass is 453 g/mol. The Balaban J connectivity index is 1.56. The van der Waals surface area contributed by atoms with Crippen LogP contribution in [0.4, 0.5) is 5.00 Å². The number of carbonyl (C=O) groups is 2. The van der Waals surface area contributed by atoms with Gasteiger partial charge in [0.2, 0.25) is 0 Å². The lowest BCUT2D eigenvalue weighted by atomic mass is 9.88. The largest absolute Gasteiger partial charge is 0.496 e. The van der Waals surface area contributed by atoms with Crippen LogP contribution in [0.15, 0.2) is 36.4 Å². The van der Waals surface area contributed by atoms with E-state index in [1.54, 1.807) is 6.07 Å². The maximum Gasteiger partial charge on any atom is 0.261 e. The Morgan fingerprint density at radius 2 is 1.94 bits per heavy atom. The lowest BCUT2D eigenvalue weighted by Crippen LogP contribution is -2.34. The van der Waals surface area contributed by atoms with Gasteiger partial charge < -0.3 is 15.8 Å². The molecule has 31 heavy (non-hydrogen) atoms. The molecule has 0 radical (unpaired) electrons. The summed E-state index contributed by atoms with van der Waals surface area (Å²) >= 11 is 6.85. The zero-order valence-corrected chi connectivity index (χ0v) is 18.9. The van der Waals surface area contributed by atoms with Gasteiger partial charge in [-0.1, -0.05) is 31.2 Å². The summed E-state index contributed by atoms with van der Waals surface area (Å²) in [5, 5.41) is 8.30. The van der Waals surface area contributed by atoms with Crippen LogP contribution in [-0.4, -0.2) is 24.0 Å². The van der Waals surface area contributed by atoms with Gasteiger partial charge in [-0.15, -0.1) is 11.3 Å². The van der Waals surface area contributed by atoms with E-state index in [9.17, 15) is 9.59 Å². The molecule has 1 aromatic heterocycles. The van der Waals surface area contributed by atoms with Gasteiger partial charge in [-0.2, -0.15) is 0 Å². The minimum absolute atomic E-state index is 0.106. The SMILES string of the molecule is COc1cc2ccccc2cc1C(=O)NC(=S)Nc1sc2c(c1C(N)=O)CC[C@H](C)C2. The molecule has 1 aliphatic carbocycles. The second kappa shape index (κ2) is 8.64. The predicted octanol–water partition coefficient (Wildman–Crippen LogP) is 4.26. The first kappa shape index (κ1) is 21.3. The Labute approximate surface area is 189 Å². The molecule has 0 spiro atoms. The van der Waals surface area contributed by atoms with Crippen LogP contribution in [0.25, 0.3) is 10.8 Å². The molecular weight excluding hydrogens is 430 g/mol. The summed E-state index contributed by atoms with van der Waals surface area (Å²) < 4.78 is 5.41. The molecule has 8 heteroatoms. The number of carbonyl (C=O) groups excluding carboxylic acids is 2. The molecule has 1 aliphatic rings. The zero-order chi connectivity index (χ0) is 22.1. The third-order valence-corrected chi connectivity index (χ3v) is 6.90. The van der Waals surface area contributed by atoms with E-state index in [-0.39, 0.29) is 5.11 Å². The van der Waals surface area contributed by atoms with Crippen LogP contribution in [0.2, 0.25) is 0 Å². The summed E-state index contributed by atoms with van der Waals surface area (Å²) in [5.74, 6) is 0.139. The van der Waals surface area contributed by atoms with Crippen molar-refractivity contribution in [3.05, 3.63) is 58.0 Å². The maximum absolute atomic E-state index is 12.9. The number of nitrogens with one attached hydrogen (secondary N) is 2. The van der Waals surface area contributed by atoms with E-state index in [0.717, 1.165) is 40.5 Å². The van der Waals surface area contributed by atoms with Crippen LogP contribution in [0.3, 0.4) is 0 Å². The molecule has 0 aliphatic heterocycles. The van der Waals surface area contributed by atoms with Gasteiger partial charge >= 0.3 is 0 Å². The molecule has 0 saturated heterocycles. The number of fused-ring (bicyclic) bond motifs is 2. The Bertz CT molecular complexity index is 1200. The van der Waals surface area contributed by atoms with Crippen molar-refractivity contribution in [3.8, 4) is 5.75 Å². The summed E-state index contributed by atoms with van der Waals surface area (Å²) in [6.07, 6.45) is 2.75. The van der Waals surface area contributed by atoms with E-state index in [4.69, 9.17) is 22.7 Å². The molecule has 6 nitrogen and oxygen atoms in total. The van der Waals surface area contributed by atoms with Crippen LogP contribution in [0.1, 0.15) is 44.5 Å². The van der Waals surface area contributed by atoms with Gasteiger partial charge in [0.25, 0.3) is 11.8 Å². The smallest absolute Gasteiger partial charge is 0.261 e. The number of benzene rings is 2. The van der Waals surface area contributed by atoms with Crippen LogP contribution < -0.4 is 21.1 Å². The molecule has 4 rings (SSSR count). The minimum Gasteiger partial charge on any atom is -0.496 e. The van der Waals surface area contributed by atoms with Crippen LogP contribution in [0.5, 0.6) is 5.75 Å². The standard InChI is InChI=1S/C23H23N3O3S2/c1-12-7-8-15-18(9-12)31-22(19(15)20(24)27)26-23(30)25-21(28)16-10-13-5-3-4-6-14(13)11-17(16)29-2/h3-6,10-12H,7-9H2,1-2H3,(H2,24,27)(H2,25,26,28,30)/t12-/m0/s1. The molecule has 0 saturated carbocycles. The number of hydrogen-bond donors (Lipinski definition) is 3. The summed E-state index contributed by atoms with van der Waals surface area (Å²) in [5.41, 5.74) is 7.51. The van der Waals surface area contributed by atoms with Gasteiger partial charge in [-0.3, -0.25) is 14.9 Å². The summed E-state index contributed by atoms with van der Waals surface area (Å²) in [4.78, 5) is 26.2. The van der Waals surface area contributed by atoms with Gasteiger partial charge in [0.05, 0.1) is 18.2 Å². The molecule has 0 fully saturated rings. The van der Waals surface area contributed by atoms with Gasteiger partial charge in [0, 0.05) is 4.88 Å². The lowest BCUT2D eigenvalue weighted by molar-refractivity contribution is 0.0973. The first-order valence-electron chi connectivity index (χ1n) is 10.0. The highest BCUT2D eigenvalue weighted by atomic mass is 32.1. The topological polar surface area (TPSA) is 93.4 Å². The number of thiophene rings is 1. The number of anilines is 1. The Morgan fingerprint density at radius 3 is 2.61 bits per heavy atom. The number of thiocarbonyl (C=S) groups is 1. The number of nitrogens with two attached hydrogens (primary N) is 1. The second-order valence-electron chi connectivity index (χ2n) is 7.73. The highest BCUT2D eigenvalue weighted by molar-refractivity contribution is 7.80. The van der Waals surface area contributed by atoms with Gasteiger partial charge in [-0.25, -0.2) is 0 Å². The molecular formula is C23H23N3O3S2. The van der Waals surface area contributed by atoms with Crippen LogP contribution >= 0.6 is 23.6 Å². The zero-order valence-electron chi connectivity index (χ0n) is 17.3. The highest BCUT2D eigenvalue weighted by Crippen LogP contribution is 2.39. The molecule has 2 aromatic carbocycles. The third kappa shape index (κ3) is 4.26. The molecule has 0 bridgehead atoms. The van der Waals surface area contributed by atoms with E-state index in [1.807, 2.05) is 30.3 Å². The lowest BCUT2D eigenvalue weighted by Gasteiger charge is -2.18. The van der Waals surface area contributed by atoms with Crippen molar-refractivity contribution in [1.29, 1.82) is 0 Å². The average molecular weight is 454 g/mol. The van der Waals surface area contributed by atoms with Crippen molar-refractivity contribution >= 4 is 56.3 Å². The number of rotatable bonds is 4. The van der Waals surface area contributed by atoms with Crippen molar-refractivity contribution < 1.29 is 14.3 Å². The van der Waals surface area contributed by atoms with Crippen molar-refractivity contribution in [2.45, 2.75) is 26.2 Å². The predicted molar refractivity (Wildman–Crippen MR) is 128 cm³/mol. The van der Waals surface area contributed by atoms with Crippen molar-refractivity contribution in [1.82, 2.24) is 5.32 Å².